The van der Waals surface area contributed by atoms with Gasteiger partial charge >= 0.3 is 0 Å². The molecular formula is C37H46N6O6. The Morgan fingerprint density at radius 1 is 0.755 bits per heavy atom. The van der Waals surface area contributed by atoms with Crippen LogP contribution < -0.4 is 37.0 Å². The molecule has 4 rings (SSSR count). The van der Waals surface area contributed by atoms with Crippen LogP contribution in [-0.4, -0.2) is 65.4 Å². The van der Waals surface area contributed by atoms with Crippen LogP contribution in [0.5, 0.6) is 11.5 Å². The van der Waals surface area contributed by atoms with Crippen LogP contribution in [0.4, 0.5) is 0 Å². The first-order chi connectivity index (χ1) is 23.6. The molecule has 2 amide bonds. The second-order valence-electron chi connectivity index (χ2n) is 12.0. The number of pyridine rings is 2. The quantitative estimate of drug-likeness (QED) is 0.107. The molecule has 260 valence electrons. The number of carbonyl (C=O) groups is 2. The first-order valence-corrected chi connectivity index (χ1v) is 16.5. The molecule has 0 aliphatic heterocycles. The summed E-state index contributed by atoms with van der Waals surface area (Å²) < 4.78 is 11.6. The fourth-order valence-electron chi connectivity index (χ4n) is 5.37. The van der Waals surface area contributed by atoms with Gasteiger partial charge in [-0.15, -0.1) is 0 Å². The van der Waals surface area contributed by atoms with Crippen molar-refractivity contribution in [2.45, 2.75) is 52.9 Å². The number of aromatic nitrogens is 2. The summed E-state index contributed by atoms with van der Waals surface area (Å²) in [5.41, 5.74) is 8.52. The molecule has 0 saturated heterocycles. The fraction of sp³-hybridized carbons (Fsp3) is 0.351. The van der Waals surface area contributed by atoms with Crippen LogP contribution in [0.3, 0.4) is 0 Å². The third-order valence-electron chi connectivity index (χ3n) is 7.77. The topological polar surface area (TPSA) is 172 Å². The maximum Gasteiger partial charge on any atom is 0.291 e. The van der Waals surface area contributed by atoms with Crippen molar-refractivity contribution in [1.82, 2.24) is 25.5 Å². The summed E-state index contributed by atoms with van der Waals surface area (Å²) in [6.07, 6.45) is 1.74. The number of amides is 2. The van der Waals surface area contributed by atoms with E-state index >= 15 is 0 Å². The average molecular weight is 671 g/mol. The van der Waals surface area contributed by atoms with Gasteiger partial charge in [-0.1, -0.05) is 74.0 Å². The van der Waals surface area contributed by atoms with Gasteiger partial charge < -0.3 is 35.8 Å². The van der Waals surface area contributed by atoms with Gasteiger partial charge in [-0.25, -0.2) is 0 Å². The number of aryl methyl sites for hydroxylation is 2. The van der Waals surface area contributed by atoms with Gasteiger partial charge in [0.15, 0.2) is 11.5 Å². The molecule has 6 N–H and O–H groups in total. The maximum atomic E-state index is 13.3. The minimum atomic E-state index is -0.479. The zero-order valence-electron chi connectivity index (χ0n) is 28.3. The zero-order chi connectivity index (χ0) is 35.2. The summed E-state index contributed by atoms with van der Waals surface area (Å²) in [5.74, 6) is -0.954. The molecule has 0 spiro atoms. The molecule has 0 saturated carbocycles. The van der Waals surface area contributed by atoms with Crippen LogP contribution in [0.25, 0.3) is 0 Å². The minimum Gasteiger partial charge on any atom is -0.482 e. The number of carbonyl (C=O) groups excluding carboxylic acids is 2. The second-order valence-corrected chi connectivity index (χ2v) is 12.0. The highest BCUT2D eigenvalue weighted by Gasteiger charge is 2.20. The second kappa shape index (κ2) is 18.4. The van der Waals surface area contributed by atoms with E-state index in [0.29, 0.717) is 31.0 Å². The van der Waals surface area contributed by atoms with Crippen LogP contribution in [-0.2, 0) is 13.2 Å². The molecule has 4 aromatic rings. The molecule has 0 aliphatic carbocycles. The van der Waals surface area contributed by atoms with Gasteiger partial charge in [0.25, 0.3) is 22.9 Å². The molecule has 0 radical (unpaired) electrons. The predicted octanol–water partition coefficient (Wildman–Crippen LogP) is 3.43. The van der Waals surface area contributed by atoms with Crippen LogP contribution in [0.15, 0.2) is 82.4 Å². The Hall–Kier alpha value is -5.20. The lowest BCUT2D eigenvalue weighted by Gasteiger charge is -2.26. The van der Waals surface area contributed by atoms with Crippen molar-refractivity contribution in [1.29, 1.82) is 0 Å². The van der Waals surface area contributed by atoms with Crippen molar-refractivity contribution in [2.75, 3.05) is 32.7 Å². The largest absolute Gasteiger partial charge is 0.482 e. The van der Waals surface area contributed by atoms with E-state index in [4.69, 9.17) is 15.2 Å². The first kappa shape index (κ1) is 36.6. The lowest BCUT2D eigenvalue weighted by Crippen LogP contribution is -2.45. The summed E-state index contributed by atoms with van der Waals surface area (Å²) in [4.78, 5) is 59.5. The van der Waals surface area contributed by atoms with Gasteiger partial charge in [-0.3, -0.25) is 24.1 Å². The van der Waals surface area contributed by atoms with E-state index in [2.05, 4.69) is 32.4 Å². The minimum absolute atomic E-state index is 0.0430. The maximum absolute atomic E-state index is 13.3. The van der Waals surface area contributed by atoms with E-state index in [1.54, 1.807) is 26.0 Å². The number of rotatable bonds is 18. The summed E-state index contributed by atoms with van der Waals surface area (Å²) in [7, 11) is 0. The fourth-order valence-corrected chi connectivity index (χ4v) is 5.37. The number of hydrogen-bond donors (Lipinski definition) is 5. The summed E-state index contributed by atoms with van der Waals surface area (Å²) in [6, 6.07) is 21.9. The van der Waals surface area contributed by atoms with Crippen molar-refractivity contribution in [3.05, 3.63) is 127 Å². The van der Waals surface area contributed by atoms with Crippen LogP contribution >= 0.6 is 0 Å². The van der Waals surface area contributed by atoms with Gasteiger partial charge in [0.1, 0.15) is 13.2 Å². The lowest BCUT2D eigenvalue weighted by atomic mass is 10.1. The summed E-state index contributed by atoms with van der Waals surface area (Å²) >= 11 is 0. The molecule has 0 fully saturated rings. The molecule has 2 aromatic heterocycles. The van der Waals surface area contributed by atoms with Gasteiger partial charge in [0.2, 0.25) is 0 Å². The van der Waals surface area contributed by atoms with Crippen LogP contribution in [0.1, 0.15) is 63.0 Å². The van der Waals surface area contributed by atoms with Gasteiger partial charge in [-0.2, -0.15) is 0 Å². The molecule has 0 bridgehead atoms. The Balaban J connectivity index is 1.37. The SMILES string of the molecule is CCCC(N)CN(CCNC(=O)c1cc(C)[nH]c(=O)c1OCc1ccccc1)CCNC(=O)c1cc(C)[nH]c(=O)c1OCc1ccccc1. The van der Waals surface area contributed by atoms with Crippen molar-refractivity contribution in [3.8, 4) is 11.5 Å². The number of nitrogens with one attached hydrogen (secondary N) is 4. The van der Waals surface area contributed by atoms with E-state index in [9.17, 15) is 19.2 Å². The monoisotopic (exact) mass is 670 g/mol. The first-order valence-electron chi connectivity index (χ1n) is 16.5. The third-order valence-corrected chi connectivity index (χ3v) is 7.77. The van der Waals surface area contributed by atoms with E-state index in [0.717, 1.165) is 24.0 Å². The normalized spacial score (nSPS) is 11.6. The number of H-pyrrole nitrogens is 2. The summed E-state index contributed by atoms with van der Waals surface area (Å²) in [6.45, 7) is 7.70. The highest BCUT2D eigenvalue weighted by Crippen LogP contribution is 2.17. The smallest absolute Gasteiger partial charge is 0.291 e. The molecule has 12 nitrogen and oxygen atoms in total. The molecule has 1 atom stereocenters. The highest BCUT2D eigenvalue weighted by molar-refractivity contribution is 5.97. The van der Waals surface area contributed by atoms with Crippen LogP contribution in [0.2, 0.25) is 0 Å². The van der Waals surface area contributed by atoms with Gasteiger partial charge in [0, 0.05) is 50.2 Å². The van der Waals surface area contributed by atoms with Crippen molar-refractivity contribution in [2.24, 2.45) is 5.73 Å². The van der Waals surface area contributed by atoms with Gasteiger partial charge in [-0.05, 0) is 43.5 Å². The Kier molecular flexibility index (Phi) is 13.7. The molecule has 12 heteroatoms. The predicted molar refractivity (Wildman–Crippen MR) is 189 cm³/mol. The molecule has 2 aromatic carbocycles. The Bertz CT molecular complexity index is 1670. The number of hydrogen-bond acceptors (Lipinski definition) is 8. The van der Waals surface area contributed by atoms with Crippen molar-refractivity contribution in [3.63, 3.8) is 0 Å². The third kappa shape index (κ3) is 11.2. The molecule has 0 aliphatic rings. The van der Waals surface area contributed by atoms with Crippen molar-refractivity contribution >= 4 is 11.8 Å². The number of nitrogens with zero attached hydrogens (tertiary/aromatic N) is 1. The van der Waals surface area contributed by atoms with Crippen LogP contribution in [0, 0.1) is 13.8 Å². The van der Waals surface area contributed by atoms with E-state index in [1.165, 1.54) is 0 Å². The highest BCUT2D eigenvalue weighted by atomic mass is 16.5. The molecular weight excluding hydrogens is 624 g/mol. The lowest BCUT2D eigenvalue weighted by molar-refractivity contribution is 0.0942. The Morgan fingerprint density at radius 2 is 1.18 bits per heavy atom. The average Bonchev–Trinajstić information content (AvgIpc) is 3.07. The van der Waals surface area contributed by atoms with Crippen molar-refractivity contribution < 1.29 is 19.1 Å². The van der Waals surface area contributed by atoms with E-state index in [-0.39, 0.29) is 55.0 Å². The Morgan fingerprint density at radius 3 is 1.59 bits per heavy atom. The van der Waals surface area contributed by atoms with Gasteiger partial charge in [0.05, 0.1) is 11.1 Å². The zero-order valence-corrected chi connectivity index (χ0v) is 28.3. The van der Waals surface area contributed by atoms with E-state index in [1.807, 2.05) is 60.7 Å². The number of ether oxygens (including phenoxy) is 2. The number of aromatic amines is 2. The molecule has 2 heterocycles. The number of benzene rings is 2. The standard InChI is InChI=1S/C37H46N6O6/c1-4-11-29(38)22-43(18-16-39-34(44)30-20-25(2)41-36(46)32(30)48-23-27-12-7-5-8-13-27)19-17-40-35(45)31-21-26(3)42-37(47)33(31)49-24-28-14-9-6-10-15-28/h5-10,12-15,20-21,29H,4,11,16-19,22-24,38H2,1-3H3,(H,39,44)(H,40,45)(H,41,46)(H,42,47). The summed E-state index contributed by atoms with van der Waals surface area (Å²) in [5, 5.41) is 5.81. The Labute approximate surface area is 286 Å². The number of nitrogens with two attached hydrogens (primary N) is 1. The molecule has 49 heavy (non-hydrogen) atoms. The molecule has 1 unspecified atom stereocenters. The van der Waals surface area contributed by atoms with E-state index < -0.39 is 22.9 Å².